The van der Waals surface area contributed by atoms with Gasteiger partial charge < -0.3 is 15.0 Å². The van der Waals surface area contributed by atoms with E-state index in [1.54, 1.807) is 7.11 Å². The SMILES string of the molecule is CCCCc1nc(Cl)c(CNc2ccccc2OC)[nH]1. The van der Waals surface area contributed by atoms with Crippen molar-refractivity contribution in [2.45, 2.75) is 32.7 Å². The molecule has 0 bridgehead atoms. The van der Waals surface area contributed by atoms with Crippen LogP contribution in [-0.2, 0) is 13.0 Å². The topological polar surface area (TPSA) is 49.9 Å². The Morgan fingerprint density at radius 3 is 2.90 bits per heavy atom. The number of methoxy groups -OCH3 is 1. The van der Waals surface area contributed by atoms with Crippen LogP contribution in [-0.4, -0.2) is 17.1 Å². The third kappa shape index (κ3) is 3.67. The molecule has 1 aromatic heterocycles. The molecule has 0 amide bonds. The van der Waals surface area contributed by atoms with E-state index in [4.69, 9.17) is 16.3 Å². The van der Waals surface area contributed by atoms with Crippen LogP contribution in [0.25, 0.3) is 0 Å². The lowest BCUT2D eigenvalue weighted by Gasteiger charge is -2.09. The van der Waals surface area contributed by atoms with Crippen molar-refractivity contribution in [1.29, 1.82) is 0 Å². The number of imidazole rings is 1. The Morgan fingerprint density at radius 1 is 1.35 bits per heavy atom. The summed E-state index contributed by atoms with van der Waals surface area (Å²) in [5.41, 5.74) is 1.85. The van der Waals surface area contributed by atoms with Gasteiger partial charge in [0.2, 0.25) is 0 Å². The normalized spacial score (nSPS) is 10.6. The van der Waals surface area contributed by atoms with Crippen molar-refractivity contribution in [3.63, 3.8) is 0 Å². The predicted molar refractivity (Wildman–Crippen MR) is 82.5 cm³/mol. The first-order chi connectivity index (χ1) is 9.74. The van der Waals surface area contributed by atoms with Gasteiger partial charge in [0.25, 0.3) is 0 Å². The Balaban J connectivity index is 2.01. The molecule has 0 fully saturated rings. The number of anilines is 1. The van der Waals surface area contributed by atoms with Gasteiger partial charge in [-0.05, 0) is 18.6 Å². The minimum Gasteiger partial charge on any atom is -0.495 e. The van der Waals surface area contributed by atoms with Crippen LogP contribution in [0.1, 0.15) is 31.3 Å². The number of hydrogen-bond donors (Lipinski definition) is 2. The maximum absolute atomic E-state index is 6.15. The van der Waals surface area contributed by atoms with Gasteiger partial charge in [0.15, 0.2) is 5.15 Å². The van der Waals surface area contributed by atoms with E-state index in [1.807, 2.05) is 24.3 Å². The summed E-state index contributed by atoms with van der Waals surface area (Å²) in [5, 5.41) is 3.85. The highest BCUT2D eigenvalue weighted by molar-refractivity contribution is 6.30. The van der Waals surface area contributed by atoms with Crippen molar-refractivity contribution in [2.75, 3.05) is 12.4 Å². The van der Waals surface area contributed by atoms with Crippen LogP contribution in [0.4, 0.5) is 5.69 Å². The van der Waals surface area contributed by atoms with Crippen LogP contribution in [0, 0.1) is 0 Å². The Labute approximate surface area is 124 Å². The second kappa shape index (κ2) is 7.20. The smallest absolute Gasteiger partial charge is 0.152 e. The molecule has 1 aromatic carbocycles. The quantitative estimate of drug-likeness (QED) is 0.810. The van der Waals surface area contributed by atoms with E-state index >= 15 is 0 Å². The van der Waals surface area contributed by atoms with Crippen molar-refractivity contribution < 1.29 is 4.74 Å². The zero-order valence-electron chi connectivity index (χ0n) is 11.9. The number of unbranched alkanes of at least 4 members (excludes halogenated alkanes) is 1. The molecule has 5 heteroatoms. The van der Waals surface area contributed by atoms with Crippen molar-refractivity contribution in [3.8, 4) is 5.75 Å². The van der Waals surface area contributed by atoms with Crippen LogP contribution in [0.2, 0.25) is 5.15 Å². The Kier molecular flexibility index (Phi) is 5.30. The summed E-state index contributed by atoms with van der Waals surface area (Å²) in [5.74, 6) is 1.77. The fraction of sp³-hybridized carbons (Fsp3) is 0.400. The van der Waals surface area contributed by atoms with Gasteiger partial charge in [0.1, 0.15) is 11.6 Å². The average molecular weight is 294 g/mol. The summed E-state index contributed by atoms with van der Waals surface area (Å²) >= 11 is 6.15. The van der Waals surface area contributed by atoms with Gasteiger partial charge in [-0.3, -0.25) is 0 Å². The third-order valence-electron chi connectivity index (χ3n) is 3.11. The van der Waals surface area contributed by atoms with Crippen LogP contribution in [0.5, 0.6) is 5.75 Å². The second-order valence-electron chi connectivity index (χ2n) is 4.61. The molecular formula is C15H20ClN3O. The monoisotopic (exact) mass is 293 g/mol. The number of nitrogens with zero attached hydrogens (tertiary/aromatic N) is 1. The molecule has 0 unspecified atom stereocenters. The predicted octanol–water partition coefficient (Wildman–Crippen LogP) is 4.03. The first-order valence-corrected chi connectivity index (χ1v) is 7.22. The molecule has 0 aliphatic carbocycles. The van der Waals surface area contributed by atoms with E-state index in [9.17, 15) is 0 Å². The Bertz CT molecular complexity index is 554. The minimum atomic E-state index is 0.540. The lowest BCUT2D eigenvalue weighted by atomic mass is 10.2. The number of rotatable bonds is 7. The number of halogens is 1. The van der Waals surface area contributed by atoms with Gasteiger partial charge >= 0.3 is 0 Å². The van der Waals surface area contributed by atoms with Crippen molar-refractivity contribution in [3.05, 3.63) is 40.9 Å². The maximum atomic E-state index is 6.15. The molecule has 20 heavy (non-hydrogen) atoms. The molecule has 0 atom stereocenters. The number of hydrogen-bond acceptors (Lipinski definition) is 3. The standard InChI is InChI=1S/C15H20ClN3O/c1-3-4-9-14-18-12(15(16)19-14)10-17-11-7-5-6-8-13(11)20-2/h5-8,17H,3-4,9-10H2,1-2H3,(H,18,19). The van der Waals surface area contributed by atoms with Crippen LogP contribution in [0.15, 0.2) is 24.3 Å². The molecule has 2 N–H and O–H groups in total. The number of para-hydroxylation sites is 2. The Morgan fingerprint density at radius 2 is 2.15 bits per heavy atom. The van der Waals surface area contributed by atoms with E-state index in [1.165, 1.54) is 0 Å². The summed E-state index contributed by atoms with van der Waals surface area (Å²) < 4.78 is 5.30. The summed E-state index contributed by atoms with van der Waals surface area (Å²) in [7, 11) is 1.66. The fourth-order valence-electron chi connectivity index (χ4n) is 1.99. The molecule has 0 spiro atoms. The molecule has 0 saturated carbocycles. The molecule has 2 aromatic rings. The fourth-order valence-corrected chi connectivity index (χ4v) is 2.21. The van der Waals surface area contributed by atoms with Gasteiger partial charge in [-0.2, -0.15) is 0 Å². The van der Waals surface area contributed by atoms with Gasteiger partial charge in [0.05, 0.1) is 25.0 Å². The largest absolute Gasteiger partial charge is 0.495 e. The van der Waals surface area contributed by atoms with Crippen LogP contribution < -0.4 is 10.1 Å². The van der Waals surface area contributed by atoms with E-state index in [2.05, 4.69) is 22.2 Å². The molecule has 0 radical (unpaired) electrons. The number of aryl methyl sites for hydroxylation is 1. The van der Waals surface area contributed by atoms with Crippen molar-refractivity contribution in [2.24, 2.45) is 0 Å². The summed E-state index contributed by atoms with van der Waals surface area (Å²) in [6.07, 6.45) is 3.20. The summed E-state index contributed by atoms with van der Waals surface area (Å²) in [6, 6.07) is 7.80. The van der Waals surface area contributed by atoms with Gasteiger partial charge in [-0.1, -0.05) is 37.1 Å². The molecule has 0 aliphatic rings. The number of H-pyrrole nitrogens is 1. The number of ether oxygens (including phenoxy) is 1. The lowest BCUT2D eigenvalue weighted by molar-refractivity contribution is 0.416. The van der Waals surface area contributed by atoms with Crippen molar-refractivity contribution in [1.82, 2.24) is 9.97 Å². The first kappa shape index (κ1) is 14.7. The highest BCUT2D eigenvalue weighted by atomic mass is 35.5. The van der Waals surface area contributed by atoms with Gasteiger partial charge in [-0.25, -0.2) is 4.98 Å². The Hall–Kier alpha value is -1.68. The van der Waals surface area contributed by atoms with E-state index in [-0.39, 0.29) is 0 Å². The molecule has 4 nitrogen and oxygen atoms in total. The molecule has 2 rings (SSSR count). The zero-order chi connectivity index (χ0) is 14.4. The van der Waals surface area contributed by atoms with E-state index in [0.717, 1.165) is 42.2 Å². The number of aromatic amines is 1. The number of nitrogens with one attached hydrogen (secondary N) is 2. The molecule has 0 aliphatic heterocycles. The minimum absolute atomic E-state index is 0.540. The second-order valence-corrected chi connectivity index (χ2v) is 4.97. The van der Waals surface area contributed by atoms with Crippen LogP contribution >= 0.6 is 11.6 Å². The third-order valence-corrected chi connectivity index (χ3v) is 3.42. The highest BCUT2D eigenvalue weighted by Crippen LogP contribution is 2.24. The molecular weight excluding hydrogens is 274 g/mol. The lowest BCUT2D eigenvalue weighted by Crippen LogP contribution is -2.02. The molecule has 0 saturated heterocycles. The average Bonchev–Trinajstić information content (AvgIpc) is 2.83. The molecule has 108 valence electrons. The summed E-state index contributed by atoms with van der Waals surface area (Å²) in [4.78, 5) is 7.62. The van der Waals surface area contributed by atoms with Crippen LogP contribution in [0.3, 0.4) is 0 Å². The van der Waals surface area contributed by atoms with E-state index in [0.29, 0.717) is 11.7 Å². The summed E-state index contributed by atoms with van der Waals surface area (Å²) in [6.45, 7) is 2.76. The maximum Gasteiger partial charge on any atom is 0.152 e. The number of aromatic nitrogens is 2. The highest BCUT2D eigenvalue weighted by Gasteiger charge is 2.09. The van der Waals surface area contributed by atoms with Gasteiger partial charge in [0, 0.05) is 6.42 Å². The van der Waals surface area contributed by atoms with Crippen molar-refractivity contribution >= 4 is 17.3 Å². The zero-order valence-corrected chi connectivity index (χ0v) is 12.6. The van der Waals surface area contributed by atoms with Gasteiger partial charge in [-0.15, -0.1) is 0 Å². The van der Waals surface area contributed by atoms with E-state index < -0.39 is 0 Å². The number of benzene rings is 1. The first-order valence-electron chi connectivity index (χ1n) is 6.84. The molecule has 1 heterocycles.